The molecule has 0 radical (unpaired) electrons. The molecule has 3 nitrogen and oxygen atoms in total. The lowest BCUT2D eigenvalue weighted by Gasteiger charge is -2.20. The summed E-state index contributed by atoms with van der Waals surface area (Å²) in [5, 5.41) is 0. The lowest BCUT2D eigenvalue weighted by Crippen LogP contribution is -2.29. The van der Waals surface area contributed by atoms with Gasteiger partial charge in [-0.05, 0) is 58.6 Å². The highest BCUT2D eigenvalue weighted by Gasteiger charge is 2.16. The summed E-state index contributed by atoms with van der Waals surface area (Å²) >= 11 is 3.52. The van der Waals surface area contributed by atoms with Gasteiger partial charge in [0.25, 0.3) is 0 Å². The van der Waals surface area contributed by atoms with Crippen LogP contribution >= 0.6 is 15.9 Å². The van der Waals surface area contributed by atoms with E-state index in [2.05, 4.69) is 53.4 Å². The van der Waals surface area contributed by atoms with Crippen LogP contribution in [0.15, 0.2) is 40.9 Å². The van der Waals surface area contributed by atoms with Gasteiger partial charge in [-0.25, -0.2) is 5.43 Å². The zero-order chi connectivity index (χ0) is 14.7. The highest BCUT2D eigenvalue weighted by Crippen LogP contribution is 2.31. The molecule has 0 spiro atoms. The molecule has 3 N–H and O–H groups in total. The van der Waals surface area contributed by atoms with Gasteiger partial charge in [0, 0.05) is 0 Å². The zero-order valence-corrected chi connectivity index (χ0v) is 13.5. The summed E-state index contributed by atoms with van der Waals surface area (Å²) in [7, 11) is 1.66. The van der Waals surface area contributed by atoms with Gasteiger partial charge < -0.3 is 4.74 Å². The smallest absolute Gasteiger partial charge is 0.133 e. The number of methoxy groups -OCH3 is 1. The average molecular weight is 335 g/mol. The topological polar surface area (TPSA) is 47.3 Å². The Kier molecular flexibility index (Phi) is 4.81. The summed E-state index contributed by atoms with van der Waals surface area (Å²) in [5.41, 5.74) is 7.62. The summed E-state index contributed by atoms with van der Waals surface area (Å²) in [6, 6.07) is 12.3. The van der Waals surface area contributed by atoms with Gasteiger partial charge in [0.2, 0.25) is 0 Å². The lowest BCUT2D eigenvalue weighted by molar-refractivity contribution is 0.411. The van der Waals surface area contributed by atoms with Crippen molar-refractivity contribution in [1.82, 2.24) is 5.43 Å². The van der Waals surface area contributed by atoms with Crippen LogP contribution in [0.5, 0.6) is 5.75 Å². The third-order valence-corrected chi connectivity index (χ3v) is 4.04. The molecule has 0 saturated heterocycles. The Morgan fingerprint density at radius 1 is 1.15 bits per heavy atom. The first-order valence-electron chi connectivity index (χ1n) is 6.43. The highest BCUT2D eigenvalue weighted by atomic mass is 79.9. The van der Waals surface area contributed by atoms with Gasteiger partial charge in [-0.15, -0.1) is 0 Å². The third-order valence-electron chi connectivity index (χ3n) is 3.42. The van der Waals surface area contributed by atoms with E-state index in [0.717, 1.165) is 15.8 Å². The first-order chi connectivity index (χ1) is 9.56. The molecule has 1 atom stereocenters. The summed E-state index contributed by atoms with van der Waals surface area (Å²) < 4.78 is 6.18. The van der Waals surface area contributed by atoms with Crippen LogP contribution in [-0.2, 0) is 0 Å². The van der Waals surface area contributed by atoms with Gasteiger partial charge in [0.05, 0.1) is 17.6 Å². The molecule has 0 aliphatic rings. The lowest BCUT2D eigenvalue weighted by atomic mass is 9.94. The van der Waals surface area contributed by atoms with Crippen molar-refractivity contribution in [1.29, 1.82) is 0 Å². The summed E-state index contributed by atoms with van der Waals surface area (Å²) in [5.74, 6) is 6.59. The average Bonchev–Trinajstić information content (AvgIpc) is 2.44. The number of hydrazine groups is 1. The van der Waals surface area contributed by atoms with Crippen LogP contribution in [-0.4, -0.2) is 7.11 Å². The molecule has 4 heteroatoms. The van der Waals surface area contributed by atoms with E-state index in [4.69, 9.17) is 10.6 Å². The summed E-state index contributed by atoms with van der Waals surface area (Å²) in [4.78, 5) is 0. The van der Waals surface area contributed by atoms with Gasteiger partial charge in [-0.1, -0.05) is 29.8 Å². The molecule has 0 heterocycles. The fraction of sp³-hybridized carbons (Fsp3) is 0.250. The molecule has 2 aromatic rings. The van der Waals surface area contributed by atoms with Gasteiger partial charge in [-0.2, -0.15) is 0 Å². The minimum atomic E-state index is -0.0443. The molecule has 2 rings (SSSR count). The van der Waals surface area contributed by atoms with E-state index in [1.165, 1.54) is 16.7 Å². The number of halogens is 1. The molecule has 0 bridgehead atoms. The van der Waals surface area contributed by atoms with Crippen LogP contribution in [0.25, 0.3) is 0 Å². The van der Waals surface area contributed by atoms with Gasteiger partial charge in [0.15, 0.2) is 0 Å². The molecule has 1 unspecified atom stereocenters. The minimum absolute atomic E-state index is 0.0443. The molecule has 106 valence electrons. The Hall–Kier alpha value is -1.36. The second-order valence-corrected chi connectivity index (χ2v) is 5.71. The Labute approximate surface area is 128 Å². The zero-order valence-electron chi connectivity index (χ0n) is 11.9. The second kappa shape index (κ2) is 6.39. The normalized spacial score (nSPS) is 12.2. The number of benzene rings is 2. The van der Waals surface area contributed by atoms with E-state index < -0.39 is 0 Å². The van der Waals surface area contributed by atoms with E-state index >= 15 is 0 Å². The summed E-state index contributed by atoms with van der Waals surface area (Å²) in [6.45, 7) is 4.18. The number of hydrogen-bond donors (Lipinski definition) is 2. The van der Waals surface area contributed by atoms with Crippen molar-refractivity contribution in [3.8, 4) is 5.75 Å². The molecule has 0 saturated carbocycles. The van der Waals surface area contributed by atoms with E-state index in [-0.39, 0.29) is 6.04 Å². The molecule has 2 aromatic carbocycles. The Balaban J connectivity index is 2.46. The number of ether oxygens (including phenoxy) is 1. The number of rotatable bonds is 4. The van der Waals surface area contributed by atoms with E-state index in [0.29, 0.717) is 0 Å². The first-order valence-corrected chi connectivity index (χ1v) is 7.23. The number of hydrogen-bond acceptors (Lipinski definition) is 3. The maximum Gasteiger partial charge on any atom is 0.133 e. The molecule has 20 heavy (non-hydrogen) atoms. The van der Waals surface area contributed by atoms with Crippen molar-refractivity contribution in [2.75, 3.05) is 7.11 Å². The number of aryl methyl sites for hydroxylation is 2. The summed E-state index contributed by atoms with van der Waals surface area (Å²) in [6.07, 6.45) is 0. The fourth-order valence-electron chi connectivity index (χ4n) is 2.30. The maximum atomic E-state index is 5.78. The van der Waals surface area contributed by atoms with Crippen molar-refractivity contribution in [3.05, 3.63) is 63.1 Å². The molecular formula is C16H19BrN2O. The second-order valence-electron chi connectivity index (χ2n) is 4.85. The van der Waals surface area contributed by atoms with Crippen LogP contribution < -0.4 is 16.0 Å². The highest BCUT2D eigenvalue weighted by molar-refractivity contribution is 9.10. The number of nitrogens with one attached hydrogen (secondary N) is 1. The van der Waals surface area contributed by atoms with Gasteiger partial charge in [-0.3, -0.25) is 5.84 Å². The largest absolute Gasteiger partial charge is 0.496 e. The van der Waals surface area contributed by atoms with Crippen LogP contribution in [0.1, 0.15) is 28.3 Å². The van der Waals surface area contributed by atoms with Gasteiger partial charge >= 0.3 is 0 Å². The molecular weight excluding hydrogens is 316 g/mol. The molecule has 0 fully saturated rings. The minimum Gasteiger partial charge on any atom is -0.496 e. The SMILES string of the molecule is COc1ccc(C(NN)c2cc(C)ccc2C)cc1Br. The number of nitrogens with two attached hydrogens (primary N) is 1. The van der Waals surface area contributed by atoms with E-state index in [9.17, 15) is 0 Å². The van der Waals surface area contributed by atoms with Crippen LogP contribution in [0.4, 0.5) is 0 Å². The van der Waals surface area contributed by atoms with E-state index in [1.54, 1.807) is 7.11 Å². The van der Waals surface area contributed by atoms with Crippen LogP contribution in [0, 0.1) is 13.8 Å². The Bertz CT molecular complexity index is 613. The monoisotopic (exact) mass is 334 g/mol. The van der Waals surface area contributed by atoms with Crippen molar-refractivity contribution in [2.45, 2.75) is 19.9 Å². The molecule has 0 aliphatic carbocycles. The van der Waals surface area contributed by atoms with Crippen LogP contribution in [0.2, 0.25) is 0 Å². The van der Waals surface area contributed by atoms with Crippen molar-refractivity contribution in [3.63, 3.8) is 0 Å². The van der Waals surface area contributed by atoms with Crippen molar-refractivity contribution >= 4 is 15.9 Å². The molecule has 0 amide bonds. The van der Waals surface area contributed by atoms with E-state index in [1.807, 2.05) is 18.2 Å². The standard InChI is InChI=1S/C16H19BrN2O/c1-10-4-5-11(2)13(8-10)16(19-18)12-6-7-15(20-3)14(17)9-12/h4-9,16,19H,18H2,1-3H3. The predicted molar refractivity (Wildman–Crippen MR) is 85.8 cm³/mol. The maximum absolute atomic E-state index is 5.78. The molecule has 0 aromatic heterocycles. The quantitative estimate of drug-likeness (QED) is 0.663. The third kappa shape index (κ3) is 3.03. The van der Waals surface area contributed by atoms with Gasteiger partial charge in [0.1, 0.15) is 5.75 Å². The predicted octanol–water partition coefficient (Wildman–Crippen LogP) is 3.63. The first kappa shape index (κ1) is 15.0. The van der Waals surface area contributed by atoms with Crippen molar-refractivity contribution < 1.29 is 4.74 Å². The Morgan fingerprint density at radius 3 is 2.50 bits per heavy atom. The molecule has 0 aliphatic heterocycles. The fourth-order valence-corrected chi connectivity index (χ4v) is 2.86. The van der Waals surface area contributed by atoms with Crippen molar-refractivity contribution in [2.24, 2.45) is 5.84 Å². The van der Waals surface area contributed by atoms with Crippen LogP contribution in [0.3, 0.4) is 0 Å². The Morgan fingerprint density at radius 2 is 1.90 bits per heavy atom.